The van der Waals surface area contributed by atoms with Gasteiger partial charge in [-0.05, 0) is 55.2 Å². The van der Waals surface area contributed by atoms with E-state index in [9.17, 15) is 0 Å². The van der Waals surface area contributed by atoms with Gasteiger partial charge in [-0.3, -0.25) is 0 Å². The highest BCUT2D eigenvalue weighted by molar-refractivity contribution is 6.17. The smallest absolute Gasteiger partial charge is 0.0616 e. The molecule has 5 aromatic rings. The Kier molecular flexibility index (Phi) is 1.00. The Morgan fingerprint density at radius 3 is 1.95 bits per heavy atom. The molecule has 0 nitrogen and oxygen atoms in total. The minimum atomic E-state index is -0.535. The van der Waals surface area contributed by atoms with Crippen molar-refractivity contribution in [1.82, 2.24) is 0 Å². The number of fused-ring (bicyclic) bond motifs is 6. The topological polar surface area (TPSA) is 0 Å². The lowest BCUT2D eigenvalue weighted by atomic mass is 9.95. The van der Waals surface area contributed by atoms with E-state index in [0.717, 1.165) is 0 Å². The fourth-order valence-electron chi connectivity index (χ4n) is 2.67. The van der Waals surface area contributed by atoms with Crippen molar-refractivity contribution in [3.05, 3.63) is 84.6 Å². The molecule has 5 rings (SSSR count). The second kappa shape index (κ2) is 4.32. The molecule has 0 aliphatic heterocycles. The van der Waals surface area contributed by atoms with Crippen molar-refractivity contribution in [2.24, 2.45) is 0 Å². The summed E-state index contributed by atoms with van der Waals surface area (Å²) >= 11 is 0. The second-order valence-electron chi connectivity index (χ2n) is 4.93. The van der Waals surface area contributed by atoms with Crippen LogP contribution in [-0.2, 0) is 0 Å². The molecule has 0 heteroatoms. The van der Waals surface area contributed by atoms with E-state index in [1.807, 2.05) is 0 Å². The third kappa shape index (κ3) is 1.58. The quantitative estimate of drug-likeness (QED) is 0.232. The molecule has 0 saturated carbocycles. The zero-order valence-corrected chi connectivity index (χ0v) is 11.2. The van der Waals surface area contributed by atoms with Crippen LogP contribution in [0.25, 0.3) is 43.1 Å². The van der Waals surface area contributed by atoms with E-state index in [2.05, 4.69) is 0 Å². The molecule has 22 heavy (non-hydrogen) atoms. The predicted molar refractivity (Wildman–Crippen MR) is 96.5 cm³/mol. The summed E-state index contributed by atoms with van der Waals surface area (Å²) in [6, 6.07) is -2.40. The molecule has 0 amide bonds. The first-order chi connectivity index (χ1) is 15.9. The van der Waals surface area contributed by atoms with Crippen LogP contribution in [0.5, 0.6) is 0 Å². The SMILES string of the molecule is [2H]c1c([2H])c([2H])c2c(c1[2H])c([2H])c([2H])c1c([2H])c3c(cc([2H])c4c([2H])c([2H])c([2H])c([2H])c43)cc12. The van der Waals surface area contributed by atoms with E-state index in [-0.39, 0.29) is 55.2 Å². The summed E-state index contributed by atoms with van der Waals surface area (Å²) in [7, 11) is 0. The summed E-state index contributed by atoms with van der Waals surface area (Å²) in [6.45, 7) is 0. The van der Waals surface area contributed by atoms with Gasteiger partial charge in [0.1, 0.15) is 0 Å². The van der Waals surface area contributed by atoms with E-state index < -0.39 is 60.4 Å². The Hall–Kier alpha value is -2.86. The highest BCUT2D eigenvalue weighted by atomic mass is 14.1. The molecule has 0 spiro atoms. The average Bonchev–Trinajstić information content (AvgIpc) is 2.79. The van der Waals surface area contributed by atoms with Gasteiger partial charge in [0.25, 0.3) is 0 Å². The van der Waals surface area contributed by atoms with Gasteiger partial charge in [0.2, 0.25) is 0 Å². The Bertz CT molecular complexity index is 1770. The van der Waals surface area contributed by atoms with Gasteiger partial charge in [-0.15, -0.1) is 0 Å². The van der Waals surface area contributed by atoms with Crippen LogP contribution in [0, 0.1) is 0 Å². The molecule has 5 aromatic carbocycles. The first-order valence-electron chi connectivity index (χ1n) is 12.7. The largest absolute Gasteiger partial charge is 0.0636 e. The van der Waals surface area contributed by atoms with Crippen LogP contribution in [0.4, 0.5) is 0 Å². The van der Waals surface area contributed by atoms with Crippen LogP contribution in [-0.4, -0.2) is 0 Å². The van der Waals surface area contributed by atoms with Gasteiger partial charge in [-0.2, -0.15) is 0 Å². The predicted octanol–water partition coefficient (Wildman–Crippen LogP) is 6.30. The summed E-state index contributed by atoms with van der Waals surface area (Å²) < 4.78 is 99.6. The molecule has 0 atom stereocenters. The summed E-state index contributed by atoms with van der Waals surface area (Å²) in [6.07, 6.45) is 0. The van der Waals surface area contributed by atoms with E-state index in [4.69, 9.17) is 16.4 Å². The summed E-state index contributed by atoms with van der Waals surface area (Å²) in [4.78, 5) is 0. The fraction of sp³-hybridized carbons (Fsp3) is 0. The highest BCUT2D eigenvalue weighted by Crippen LogP contribution is 2.32. The molecular formula is C22H14. The Morgan fingerprint density at radius 1 is 0.500 bits per heavy atom. The summed E-state index contributed by atoms with van der Waals surface area (Å²) in [5.41, 5.74) is 0. The van der Waals surface area contributed by atoms with Crippen molar-refractivity contribution >= 4 is 43.1 Å². The molecule has 0 aliphatic carbocycles. The van der Waals surface area contributed by atoms with Crippen LogP contribution in [0.15, 0.2) is 84.6 Å². The van der Waals surface area contributed by atoms with Crippen LogP contribution in [0.2, 0.25) is 0 Å². The molecule has 0 aromatic heterocycles. The Morgan fingerprint density at radius 2 is 1.14 bits per heavy atom. The molecule has 0 bridgehead atoms. The summed E-state index contributed by atoms with van der Waals surface area (Å²) in [5, 5.41) is 0.147. The van der Waals surface area contributed by atoms with E-state index in [0.29, 0.717) is 0 Å². The molecule has 0 radical (unpaired) electrons. The zero-order valence-electron chi connectivity index (χ0n) is 23.2. The third-order valence-electron chi connectivity index (χ3n) is 3.69. The molecule has 0 heterocycles. The normalized spacial score (nSPS) is 19.3. The summed E-state index contributed by atoms with van der Waals surface area (Å²) in [5.74, 6) is 0. The molecule has 0 N–H and O–H groups in total. The number of rotatable bonds is 0. The highest BCUT2D eigenvalue weighted by Gasteiger charge is 2.05. The van der Waals surface area contributed by atoms with Crippen LogP contribution >= 0.6 is 0 Å². The lowest BCUT2D eigenvalue weighted by molar-refractivity contribution is 1.78. The van der Waals surface area contributed by atoms with Crippen molar-refractivity contribution in [1.29, 1.82) is 0 Å². The van der Waals surface area contributed by atoms with Crippen LogP contribution < -0.4 is 0 Å². The first-order valence-corrected chi connectivity index (χ1v) is 6.65. The minimum Gasteiger partial charge on any atom is -0.0616 e. The molecule has 0 saturated heterocycles. The lowest BCUT2D eigenvalue weighted by Gasteiger charge is -2.08. The van der Waals surface area contributed by atoms with Crippen molar-refractivity contribution in [3.63, 3.8) is 0 Å². The zero-order chi connectivity index (χ0) is 25.0. The first kappa shape index (κ1) is 5.10. The van der Waals surface area contributed by atoms with Gasteiger partial charge >= 0.3 is 0 Å². The van der Waals surface area contributed by atoms with E-state index in [1.165, 1.54) is 12.1 Å². The van der Waals surface area contributed by atoms with Crippen molar-refractivity contribution in [3.8, 4) is 0 Å². The minimum absolute atomic E-state index is 0.0148. The maximum absolute atomic E-state index is 8.90. The van der Waals surface area contributed by atoms with Gasteiger partial charge < -0.3 is 0 Å². The van der Waals surface area contributed by atoms with Crippen molar-refractivity contribution in [2.75, 3.05) is 0 Å². The molecule has 102 valence electrons. The number of hydrogen-bond donors (Lipinski definition) is 0. The third-order valence-corrected chi connectivity index (χ3v) is 3.69. The molecule has 0 fully saturated rings. The van der Waals surface area contributed by atoms with E-state index in [1.54, 1.807) is 0 Å². The standard InChI is InChI=1S/C22H14/c1-3-7-19-15(5-1)9-11-17-14-22-18(13-21(17)19)12-10-16-6-2-4-8-20(16)22/h1-14H/i1D,2D,3D,4D,5D,6D,7D,8D,9D,10D,11D,14D. The lowest BCUT2D eigenvalue weighted by Crippen LogP contribution is -1.81. The maximum Gasteiger partial charge on any atom is 0.0636 e. The van der Waals surface area contributed by atoms with Crippen LogP contribution in [0.3, 0.4) is 0 Å². The second-order valence-corrected chi connectivity index (χ2v) is 4.93. The van der Waals surface area contributed by atoms with Gasteiger partial charge in [-0.25, -0.2) is 0 Å². The van der Waals surface area contributed by atoms with E-state index >= 15 is 0 Å². The van der Waals surface area contributed by atoms with Crippen molar-refractivity contribution < 1.29 is 16.4 Å². The number of benzene rings is 5. The number of hydrogen-bond acceptors (Lipinski definition) is 0. The Labute approximate surface area is 145 Å². The maximum atomic E-state index is 8.90. The van der Waals surface area contributed by atoms with Gasteiger partial charge in [0.05, 0.1) is 16.4 Å². The molecular weight excluding hydrogens is 264 g/mol. The molecule has 0 unspecified atom stereocenters. The van der Waals surface area contributed by atoms with Gasteiger partial charge in [0, 0.05) is 0 Å². The van der Waals surface area contributed by atoms with Crippen molar-refractivity contribution in [2.45, 2.75) is 0 Å². The average molecular weight is 290 g/mol. The Balaban J connectivity index is 2.18. The molecule has 0 aliphatic rings. The fourth-order valence-corrected chi connectivity index (χ4v) is 2.67. The van der Waals surface area contributed by atoms with Gasteiger partial charge in [-0.1, -0.05) is 72.5 Å². The monoisotopic (exact) mass is 290 g/mol. The van der Waals surface area contributed by atoms with Gasteiger partial charge in [0.15, 0.2) is 0 Å². The van der Waals surface area contributed by atoms with Crippen LogP contribution in [0.1, 0.15) is 16.4 Å².